The Kier molecular flexibility index (Phi) is 8.90. The van der Waals surface area contributed by atoms with Gasteiger partial charge < -0.3 is 30.6 Å². The standard InChI is InChI=1S/C6H14O6.ClH/c7-1-3(9)5(11)6(12)4(10)2-8;/h3-12H,1-2H2;1H/t3-,4-,5-,6-;/m1./s1. The lowest BCUT2D eigenvalue weighted by Crippen LogP contribution is -2.46. The molecule has 0 aromatic rings. The lowest BCUT2D eigenvalue weighted by atomic mass is 10.0. The lowest BCUT2D eigenvalue weighted by Gasteiger charge is -2.24. The molecule has 0 saturated carbocycles. The first kappa shape index (κ1) is 15.5. The van der Waals surface area contributed by atoms with Gasteiger partial charge in [-0.05, 0) is 0 Å². The zero-order valence-electron chi connectivity index (χ0n) is 6.82. The summed E-state index contributed by atoms with van der Waals surface area (Å²) in [6.45, 7) is -1.45. The first-order chi connectivity index (χ1) is 5.54. The Labute approximate surface area is 81.5 Å². The number of hydrogen-bond acceptors (Lipinski definition) is 6. The molecule has 0 aliphatic carbocycles. The molecule has 82 valence electrons. The van der Waals surface area contributed by atoms with Crippen LogP contribution in [0.2, 0.25) is 0 Å². The molecule has 0 aliphatic heterocycles. The number of hydrogen-bond donors (Lipinski definition) is 6. The van der Waals surface area contributed by atoms with E-state index in [1.165, 1.54) is 0 Å². The molecule has 0 radical (unpaired) electrons. The molecule has 0 aromatic carbocycles. The highest BCUT2D eigenvalue weighted by Crippen LogP contribution is 2.03. The number of rotatable bonds is 5. The van der Waals surface area contributed by atoms with Gasteiger partial charge >= 0.3 is 0 Å². The van der Waals surface area contributed by atoms with Crippen molar-refractivity contribution < 1.29 is 30.6 Å². The molecule has 0 fully saturated rings. The average molecular weight is 219 g/mol. The molecule has 0 unspecified atom stereocenters. The van der Waals surface area contributed by atoms with Crippen molar-refractivity contribution in [2.45, 2.75) is 24.4 Å². The van der Waals surface area contributed by atoms with Gasteiger partial charge in [0.15, 0.2) is 0 Å². The molecular formula is C6H15ClO6. The first-order valence-electron chi connectivity index (χ1n) is 3.48. The third-order valence-electron chi connectivity index (χ3n) is 1.51. The van der Waals surface area contributed by atoms with Gasteiger partial charge in [0.1, 0.15) is 24.4 Å². The average Bonchev–Trinajstić information content (AvgIpc) is 2.12. The highest BCUT2D eigenvalue weighted by atomic mass is 35.5. The zero-order chi connectivity index (χ0) is 9.72. The summed E-state index contributed by atoms with van der Waals surface area (Å²) in [7, 11) is 0. The maximum Gasteiger partial charge on any atom is 0.111 e. The molecule has 0 amide bonds. The van der Waals surface area contributed by atoms with E-state index in [0.29, 0.717) is 0 Å². The molecule has 0 bridgehead atoms. The van der Waals surface area contributed by atoms with Crippen LogP contribution >= 0.6 is 12.4 Å². The van der Waals surface area contributed by atoms with E-state index >= 15 is 0 Å². The lowest BCUT2D eigenvalue weighted by molar-refractivity contribution is -0.123. The molecule has 0 saturated heterocycles. The second kappa shape index (κ2) is 7.45. The molecule has 6 N–H and O–H groups in total. The van der Waals surface area contributed by atoms with Crippen LogP contribution in [0.15, 0.2) is 0 Å². The highest BCUT2D eigenvalue weighted by molar-refractivity contribution is 5.85. The predicted octanol–water partition coefficient (Wildman–Crippen LogP) is -3.16. The van der Waals surface area contributed by atoms with Crippen LogP contribution in [0.5, 0.6) is 0 Å². The summed E-state index contributed by atoms with van der Waals surface area (Å²) in [5.41, 5.74) is 0. The van der Waals surface area contributed by atoms with E-state index in [-0.39, 0.29) is 12.4 Å². The minimum atomic E-state index is -1.67. The minimum Gasteiger partial charge on any atom is -0.394 e. The van der Waals surface area contributed by atoms with Crippen LogP contribution in [-0.2, 0) is 0 Å². The number of aliphatic hydroxyl groups is 6. The molecule has 13 heavy (non-hydrogen) atoms. The van der Waals surface area contributed by atoms with Gasteiger partial charge in [0.25, 0.3) is 0 Å². The topological polar surface area (TPSA) is 121 Å². The van der Waals surface area contributed by atoms with Crippen LogP contribution in [0, 0.1) is 0 Å². The molecule has 0 aromatic heterocycles. The SMILES string of the molecule is Cl.OC[C@@H](O)[C@@H](O)[C@H](O)[C@H](O)CO. The Hall–Kier alpha value is 0.0500. The summed E-state index contributed by atoms with van der Waals surface area (Å²) in [6, 6.07) is 0. The smallest absolute Gasteiger partial charge is 0.111 e. The molecule has 0 rings (SSSR count). The van der Waals surface area contributed by atoms with Gasteiger partial charge in [-0.25, -0.2) is 0 Å². The van der Waals surface area contributed by atoms with Crippen LogP contribution in [-0.4, -0.2) is 68.3 Å². The highest BCUT2D eigenvalue weighted by Gasteiger charge is 2.29. The Balaban J connectivity index is 0. The third kappa shape index (κ3) is 4.72. The van der Waals surface area contributed by atoms with E-state index in [1.807, 2.05) is 0 Å². The largest absolute Gasteiger partial charge is 0.394 e. The molecular weight excluding hydrogens is 204 g/mol. The van der Waals surface area contributed by atoms with Crippen LogP contribution in [0.1, 0.15) is 0 Å². The van der Waals surface area contributed by atoms with Gasteiger partial charge in [0.2, 0.25) is 0 Å². The summed E-state index contributed by atoms with van der Waals surface area (Å²) in [5.74, 6) is 0. The van der Waals surface area contributed by atoms with E-state index in [2.05, 4.69) is 0 Å². The van der Waals surface area contributed by atoms with E-state index in [0.717, 1.165) is 0 Å². The van der Waals surface area contributed by atoms with Gasteiger partial charge in [-0.3, -0.25) is 0 Å². The Morgan fingerprint density at radius 2 is 0.923 bits per heavy atom. The van der Waals surface area contributed by atoms with Gasteiger partial charge in [-0.2, -0.15) is 0 Å². The van der Waals surface area contributed by atoms with Crippen LogP contribution in [0.25, 0.3) is 0 Å². The fourth-order valence-electron chi connectivity index (χ4n) is 0.671. The maximum atomic E-state index is 8.96. The van der Waals surface area contributed by atoms with Gasteiger partial charge in [-0.15, -0.1) is 12.4 Å². The second-order valence-corrected chi connectivity index (χ2v) is 2.48. The number of aliphatic hydroxyl groups excluding tert-OH is 6. The van der Waals surface area contributed by atoms with Crippen molar-refractivity contribution in [3.05, 3.63) is 0 Å². The summed E-state index contributed by atoms with van der Waals surface area (Å²) in [6.07, 6.45) is -6.39. The summed E-state index contributed by atoms with van der Waals surface area (Å²) in [5, 5.41) is 52.2. The van der Waals surface area contributed by atoms with Gasteiger partial charge in [0.05, 0.1) is 13.2 Å². The fourth-order valence-corrected chi connectivity index (χ4v) is 0.671. The van der Waals surface area contributed by atoms with E-state index < -0.39 is 37.6 Å². The van der Waals surface area contributed by atoms with E-state index in [4.69, 9.17) is 30.6 Å². The van der Waals surface area contributed by atoms with Crippen molar-refractivity contribution >= 4 is 12.4 Å². The molecule has 0 spiro atoms. The van der Waals surface area contributed by atoms with Crippen LogP contribution in [0.4, 0.5) is 0 Å². The van der Waals surface area contributed by atoms with Crippen molar-refractivity contribution in [1.29, 1.82) is 0 Å². The molecule has 7 heteroatoms. The fraction of sp³-hybridized carbons (Fsp3) is 1.00. The predicted molar refractivity (Wildman–Crippen MR) is 45.4 cm³/mol. The van der Waals surface area contributed by atoms with Gasteiger partial charge in [0, 0.05) is 0 Å². The van der Waals surface area contributed by atoms with Crippen molar-refractivity contribution in [1.82, 2.24) is 0 Å². The summed E-state index contributed by atoms with van der Waals surface area (Å²) < 4.78 is 0. The normalized spacial score (nSPS) is 19.8. The molecule has 6 nitrogen and oxygen atoms in total. The van der Waals surface area contributed by atoms with Crippen LogP contribution in [0.3, 0.4) is 0 Å². The van der Waals surface area contributed by atoms with Gasteiger partial charge in [-0.1, -0.05) is 0 Å². The monoisotopic (exact) mass is 218 g/mol. The Morgan fingerprint density at radius 3 is 1.08 bits per heavy atom. The van der Waals surface area contributed by atoms with Crippen molar-refractivity contribution in [2.75, 3.05) is 13.2 Å². The van der Waals surface area contributed by atoms with Crippen LogP contribution < -0.4 is 0 Å². The third-order valence-corrected chi connectivity index (χ3v) is 1.51. The van der Waals surface area contributed by atoms with E-state index in [1.54, 1.807) is 0 Å². The quantitative estimate of drug-likeness (QED) is 0.290. The molecule has 0 aliphatic rings. The molecule has 0 heterocycles. The van der Waals surface area contributed by atoms with Crippen molar-refractivity contribution in [3.63, 3.8) is 0 Å². The van der Waals surface area contributed by atoms with Crippen molar-refractivity contribution in [3.8, 4) is 0 Å². The second-order valence-electron chi connectivity index (χ2n) is 2.48. The number of halogens is 1. The van der Waals surface area contributed by atoms with E-state index in [9.17, 15) is 0 Å². The van der Waals surface area contributed by atoms with Crippen molar-refractivity contribution in [2.24, 2.45) is 0 Å². The maximum absolute atomic E-state index is 8.96. The molecule has 4 atom stereocenters. The summed E-state index contributed by atoms with van der Waals surface area (Å²) in [4.78, 5) is 0. The first-order valence-corrected chi connectivity index (χ1v) is 3.48. The minimum absolute atomic E-state index is 0. The zero-order valence-corrected chi connectivity index (χ0v) is 7.63. The Bertz CT molecular complexity index is 110. The summed E-state index contributed by atoms with van der Waals surface area (Å²) >= 11 is 0. The Morgan fingerprint density at radius 1 is 0.692 bits per heavy atom.